The number of carbonyl (C=O) groups is 1. The van der Waals surface area contributed by atoms with E-state index in [1.165, 1.54) is 23.5 Å². The molecular weight excluding hydrogens is 572 g/mol. The number of carboxylic acids is 1. The summed E-state index contributed by atoms with van der Waals surface area (Å²) in [6.07, 6.45) is -5.13. The maximum absolute atomic E-state index is 14.5. The highest BCUT2D eigenvalue weighted by atomic mass is 35.5. The Bertz CT molecular complexity index is 1360. The van der Waals surface area contributed by atoms with E-state index in [4.69, 9.17) is 46.6 Å². The third-order valence-electron chi connectivity index (χ3n) is 4.85. The summed E-state index contributed by atoms with van der Waals surface area (Å²) in [5.41, 5.74) is 6.98. The van der Waals surface area contributed by atoms with Crippen LogP contribution < -0.4 is 15.2 Å². The average Bonchev–Trinajstić information content (AvgIpc) is 3.36. The molecule has 16 heteroatoms. The second kappa shape index (κ2) is 13.0. The molecule has 1 atom stereocenters. The average molecular weight is 591 g/mol. The van der Waals surface area contributed by atoms with E-state index in [2.05, 4.69) is 16.3 Å². The van der Waals surface area contributed by atoms with Crippen molar-refractivity contribution < 1.29 is 46.8 Å². The third-order valence-corrected chi connectivity index (χ3v) is 6.17. The highest BCUT2D eigenvalue weighted by Crippen LogP contribution is 2.38. The second-order valence-electron chi connectivity index (χ2n) is 7.83. The summed E-state index contributed by atoms with van der Waals surface area (Å²) in [6, 6.07) is 9.21. The van der Waals surface area contributed by atoms with E-state index < -0.39 is 24.0 Å². The monoisotopic (exact) mass is 590 g/mol. The maximum Gasteiger partial charge on any atom is 0.490 e. The molecule has 0 radical (unpaired) electrons. The number of halogens is 5. The predicted octanol–water partition coefficient (Wildman–Crippen LogP) is 3.65. The topological polar surface area (TPSA) is 161 Å². The largest absolute Gasteiger partial charge is 0.490 e. The van der Waals surface area contributed by atoms with Gasteiger partial charge in [-0.3, -0.25) is 0 Å². The lowest BCUT2D eigenvalue weighted by Gasteiger charge is -2.27. The summed E-state index contributed by atoms with van der Waals surface area (Å²) in [7, 11) is 0. The molecule has 1 aliphatic heterocycles. The lowest BCUT2D eigenvalue weighted by molar-refractivity contribution is -0.192. The van der Waals surface area contributed by atoms with E-state index >= 15 is 0 Å². The van der Waals surface area contributed by atoms with Gasteiger partial charge in [-0.1, -0.05) is 22.9 Å². The van der Waals surface area contributed by atoms with Crippen molar-refractivity contribution in [1.82, 2.24) is 10.2 Å². The third kappa shape index (κ3) is 7.97. The molecule has 2 aromatic carbocycles. The van der Waals surface area contributed by atoms with E-state index in [0.717, 1.165) is 0 Å². The normalized spacial score (nSPS) is 13.9. The number of aliphatic hydroxyl groups is 1. The van der Waals surface area contributed by atoms with Gasteiger partial charge in [-0.2, -0.15) is 18.4 Å². The minimum Gasteiger partial charge on any atom is -0.489 e. The van der Waals surface area contributed by atoms with E-state index in [1.807, 2.05) is 0 Å². The number of aromatic nitrogens is 2. The van der Waals surface area contributed by atoms with Crippen LogP contribution in [0.15, 0.2) is 30.3 Å². The Morgan fingerprint density at radius 2 is 1.92 bits per heavy atom. The molecule has 1 aromatic heterocycles. The summed E-state index contributed by atoms with van der Waals surface area (Å²) >= 11 is 7.53. The zero-order valence-corrected chi connectivity index (χ0v) is 21.2. The quantitative estimate of drug-likeness (QED) is 0.330. The molecule has 3 aromatic rings. The first-order chi connectivity index (χ1) is 18.4. The van der Waals surface area contributed by atoms with Crippen molar-refractivity contribution in [3.05, 3.63) is 46.7 Å². The molecule has 4 N–H and O–H groups in total. The van der Waals surface area contributed by atoms with Gasteiger partial charge in [-0.25, -0.2) is 9.18 Å². The van der Waals surface area contributed by atoms with Crippen LogP contribution in [0.1, 0.15) is 5.56 Å². The van der Waals surface area contributed by atoms with Gasteiger partial charge in [-0.15, -0.1) is 10.2 Å². The molecule has 0 unspecified atom stereocenters. The van der Waals surface area contributed by atoms with Crippen molar-refractivity contribution in [3.8, 4) is 38.7 Å². The number of benzene rings is 2. The summed E-state index contributed by atoms with van der Waals surface area (Å²) in [4.78, 5) is 8.90. The number of carboxylic acid groups (broad SMARTS) is 1. The Balaban J connectivity index is 0.000000532. The van der Waals surface area contributed by atoms with Crippen LogP contribution >= 0.6 is 22.9 Å². The first-order valence-corrected chi connectivity index (χ1v) is 12.0. The number of nitrogens with zero attached hydrogens (tertiary/aromatic N) is 3. The Morgan fingerprint density at radius 1 is 1.26 bits per heavy atom. The van der Waals surface area contributed by atoms with Crippen LogP contribution in [0.2, 0.25) is 5.02 Å². The number of hydrogen-bond donors (Lipinski definition) is 3. The van der Waals surface area contributed by atoms with Gasteiger partial charge in [0, 0.05) is 17.2 Å². The van der Waals surface area contributed by atoms with E-state index in [1.54, 1.807) is 18.2 Å². The van der Waals surface area contributed by atoms with Crippen molar-refractivity contribution in [2.24, 2.45) is 5.73 Å². The number of rotatable bonds is 8. The lowest BCUT2D eigenvalue weighted by atomic mass is 10.1. The number of nitriles is 1. The SMILES string of the molecule is N#Cc1cc(-c2nnc(-c3cc(F)c(OC[C@H](N)CO)cc3Cl)s2)ccc1OC1COC1.O=C(O)C(F)(F)F. The highest BCUT2D eigenvalue weighted by Gasteiger charge is 2.38. The van der Waals surface area contributed by atoms with Crippen LogP contribution in [0, 0.1) is 17.1 Å². The molecule has 0 spiro atoms. The number of alkyl halides is 3. The van der Waals surface area contributed by atoms with Gasteiger partial charge in [0.1, 0.15) is 34.5 Å². The Labute approximate surface area is 227 Å². The van der Waals surface area contributed by atoms with Crippen molar-refractivity contribution >= 4 is 28.9 Å². The minimum atomic E-state index is -5.08. The van der Waals surface area contributed by atoms with Crippen LogP contribution in [-0.2, 0) is 9.53 Å². The van der Waals surface area contributed by atoms with E-state index in [9.17, 15) is 22.8 Å². The van der Waals surface area contributed by atoms with Crippen LogP contribution in [0.25, 0.3) is 21.1 Å². The van der Waals surface area contributed by atoms with Crippen LogP contribution in [0.4, 0.5) is 17.6 Å². The smallest absolute Gasteiger partial charge is 0.489 e. The first kappa shape index (κ1) is 30.0. The van der Waals surface area contributed by atoms with Gasteiger partial charge in [0.05, 0.1) is 36.4 Å². The lowest BCUT2D eigenvalue weighted by Crippen LogP contribution is -2.38. The number of nitrogens with two attached hydrogens (primary N) is 1. The van der Waals surface area contributed by atoms with Gasteiger partial charge in [-0.05, 0) is 24.3 Å². The maximum atomic E-state index is 14.5. The van der Waals surface area contributed by atoms with Crippen LogP contribution in [0.3, 0.4) is 0 Å². The molecule has 0 amide bonds. The fourth-order valence-electron chi connectivity index (χ4n) is 2.82. The number of aliphatic hydroxyl groups excluding tert-OH is 1. The Hall–Kier alpha value is -3.55. The van der Waals surface area contributed by atoms with Crippen LogP contribution in [0.5, 0.6) is 11.5 Å². The molecule has 0 aliphatic carbocycles. The van der Waals surface area contributed by atoms with Crippen molar-refractivity contribution in [2.45, 2.75) is 18.3 Å². The zero-order chi connectivity index (χ0) is 28.7. The number of hydrogen-bond acceptors (Lipinski definition) is 10. The Morgan fingerprint density at radius 3 is 2.49 bits per heavy atom. The van der Waals surface area contributed by atoms with Crippen molar-refractivity contribution in [2.75, 3.05) is 26.4 Å². The molecule has 1 saturated heterocycles. The summed E-state index contributed by atoms with van der Waals surface area (Å²) in [5.74, 6) is -2.98. The molecule has 39 heavy (non-hydrogen) atoms. The van der Waals surface area contributed by atoms with Gasteiger partial charge in [0.2, 0.25) is 0 Å². The van der Waals surface area contributed by atoms with Crippen LogP contribution in [-0.4, -0.2) is 71.1 Å². The molecule has 2 heterocycles. The summed E-state index contributed by atoms with van der Waals surface area (Å²) in [5, 5.41) is 35.0. The fourth-order valence-corrected chi connectivity index (χ4v) is 3.99. The molecule has 10 nitrogen and oxygen atoms in total. The van der Waals surface area contributed by atoms with Crippen molar-refractivity contribution in [3.63, 3.8) is 0 Å². The first-order valence-electron chi connectivity index (χ1n) is 10.8. The highest BCUT2D eigenvalue weighted by molar-refractivity contribution is 7.18. The van der Waals surface area contributed by atoms with Crippen molar-refractivity contribution in [1.29, 1.82) is 5.26 Å². The van der Waals surface area contributed by atoms with E-state index in [0.29, 0.717) is 45.7 Å². The Kier molecular flexibility index (Phi) is 10.0. The van der Waals surface area contributed by atoms with Gasteiger partial charge < -0.3 is 30.2 Å². The van der Waals surface area contributed by atoms with Gasteiger partial charge in [0.15, 0.2) is 11.6 Å². The number of aliphatic carboxylic acids is 1. The molecule has 0 saturated carbocycles. The van der Waals surface area contributed by atoms with Gasteiger partial charge >= 0.3 is 12.1 Å². The molecule has 1 aliphatic rings. The molecule has 1 fully saturated rings. The standard InChI is InChI=1S/C21H18ClFN4O4S.C2HF3O2/c22-16-5-19(30-8-13(25)7-28)17(23)4-15(16)21-27-26-20(32-21)11-1-2-18(12(3-11)6-24)31-14-9-29-10-14;3-2(4,5)1(6)7/h1-5,13-14,28H,7-10,25H2;(H,6,7)/t13-;/m1./s1. The second-order valence-corrected chi connectivity index (χ2v) is 9.22. The zero-order valence-electron chi connectivity index (χ0n) is 19.6. The molecule has 4 rings (SSSR count). The van der Waals surface area contributed by atoms with E-state index in [-0.39, 0.29) is 30.1 Å². The fraction of sp³-hybridized carbons (Fsp3) is 0.304. The van der Waals surface area contributed by atoms with Gasteiger partial charge in [0.25, 0.3) is 0 Å². The minimum absolute atomic E-state index is 0.0514. The molecular formula is C23H19ClF4N4O6S. The summed E-state index contributed by atoms with van der Waals surface area (Å²) < 4.78 is 62.3. The molecule has 208 valence electrons. The number of ether oxygens (including phenoxy) is 3. The summed E-state index contributed by atoms with van der Waals surface area (Å²) in [6.45, 7) is 0.668. The predicted molar refractivity (Wildman–Crippen MR) is 130 cm³/mol. The molecule has 0 bridgehead atoms.